The summed E-state index contributed by atoms with van der Waals surface area (Å²) in [6, 6.07) is 5.56. The summed E-state index contributed by atoms with van der Waals surface area (Å²) in [6.45, 7) is 3.17. The zero-order valence-electron chi connectivity index (χ0n) is 12.1. The largest absolute Gasteiger partial charge is 0.370 e. The van der Waals surface area contributed by atoms with Crippen LogP contribution in [-0.4, -0.2) is 16.3 Å². The van der Waals surface area contributed by atoms with Gasteiger partial charge >= 0.3 is 0 Å². The average Bonchev–Trinajstić information content (AvgIpc) is 2.62. The molecule has 0 atom stereocenters. The van der Waals surface area contributed by atoms with Gasteiger partial charge in [-0.25, -0.2) is 4.68 Å². The molecule has 0 amide bonds. The molecule has 5 heteroatoms. The number of fused-ring (bicyclic) bond motifs is 1. The van der Waals surface area contributed by atoms with E-state index in [0.717, 1.165) is 37.3 Å². The number of nitrogens with one attached hydrogen (secondary N) is 1. The second-order valence-corrected chi connectivity index (χ2v) is 6.32. The van der Waals surface area contributed by atoms with Gasteiger partial charge in [-0.15, -0.1) is 0 Å². The Labute approximate surface area is 135 Å². The number of halogens is 2. The van der Waals surface area contributed by atoms with Gasteiger partial charge in [-0.05, 0) is 43.9 Å². The lowest BCUT2D eigenvalue weighted by atomic mass is 10.1. The molecule has 1 aromatic carbocycles. The van der Waals surface area contributed by atoms with E-state index in [2.05, 4.69) is 12.2 Å². The second-order valence-electron chi connectivity index (χ2n) is 5.45. The first-order valence-corrected chi connectivity index (χ1v) is 8.25. The highest BCUT2D eigenvalue weighted by Gasteiger charge is 2.20. The minimum Gasteiger partial charge on any atom is -0.370 e. The van der Waals surface area contributed by atoms with Crippen LogP contribution >= 0.6 is 23.2 Å². The third kappa shape index (κ3) is 3.04. The first-order chi connectivity index (χ1) is 10.2. The summed E-state index contributed by atoms with van der Waals surface area (Å²) in [5.41, 5.74) is 3.46. The van der Waals surface area contributed by atoms with Gasteiger partial charge in [0, 0.05) is 22.2 Å². The molecule has 0 saturated heterocycles. The molecular weight excluding hydrogens is 305 g/mol. The molecule has 0 radical (unpaired) electrons. The molecule has 1 aromatic heterocycles. The Morgan fingerprint density at radius 1 is 1.19 bits per heavy atom. The molecule has 21 heavy (non-hydrogen) atoms. The van der Waals surface area contributed by atoms with Crippen molar-refractivity contribution in [2.75, 3.05) is 11.9 Å². The molecule has 0 bridgehead atoms. The fourth-order valence-electron chi connectivity index (χ4n) is 2.86. The molecule has 1 N–H and O–H groups in total. The topological polar surface area (TPSA) is 29.9 Å². The number of aryl methyl sites for hydroxylation is 1. The third-order valence-electron chi connectivity index (χ3n) is 3.79. The Hall–Kier alpha value is -1.19. The summed E-state index contributed by atoms with van der Waals surface area (Å²) in [6.07, 6.45) is 5.59. The quantitative estimate of drug-likeness (QED) is 0.872. The Morgan fingerprint density at radius 3 is 2.67 bits per heavy atom. The molecule has 0 saturated carbocycles. The first kappa shape index (κ1) is 14.7. The minimum atomic E-state index is 0.632. The molecule has 0 aliphatic carbocycles. The van der Waals surface area contributed by atoms with Gasteiger partial charge in [-0.3, -0.25) is 0 Å². The van der Waals surface area contributed by atoms with Crippen molar-refractivity contribution in [3.8, 4) is 5.69 Å². The lowest BCUT2D eigenvalue weighted by Gasteiger charge is -2.10. The fraction of sp³-hybridized carbons (Fsp3) is 0.438. The van der Waals surface area contributed by atoms with E-state index in [-0.39, 0.29) is 0 Å². The molecule has 0 spiro atoms. The molecule has 0 fully saturated rings. The van der Waals surface area contributed by atoms with Crippen molar-refractivity contribution >= 4 is 29.0 Å². The fourth-order valence-corrected chi connectivity index (χ4v) is 3.37. The molecule has 1 aliphatic rings. The second kappa shape index (κ2) is 6.29. The minimum absolute atomic E-state index is 0.632. The summed E-state index contributed by atoms with van der Waals surface area (Å²) in [7, 11) is 0. The van der Waals surface area contributed by atoms with Crippen LogP contribution < -0.4 is 5.32 Å². The van der Waals surface area contributed by atoms with Crippen molar-refractivity contribution in [2.45, 2.75) is 39.0 Å². The normalized spacial score (nSPS) is 14.4. The maximum absolute atomic E-state index is 6.14. The highest BCUT2D eigenvalue weighted by atomic mass is 35.5. The van der Waals surface area contributed by atoms with E-state index in [0.29, 0.717) is 10.0 Å². The highest BCUT2D eigenvalue weighted by molar-refractivity contribution is 6.34. The van der Waals surface area contributed by atoms with Gasteiger partial charge in [0.2, 0.25) is 0 Å². The van der Waals surface area contributed by atoms with Crippen molar-refractivity contribution in [1.82, 2.24) is 9.78 Å². The van der Waals surface area contributed by atoms with Crippen molar-refractivity contribution in [3.05, 3.63) is 39.5 Å². The summed E-state index contributed by atoms with van der Waals surface area (Å²) < 4.78 is 1.96. The molecule has 3 rings (SSSR count). The summed E-state index contributed by atoms with van der Waals surface area (Å²) in [5.74, 6) is 1.11. The summed E-state index contributed by atoms with van der Waals surface area (Å²) in [4.78, 5) is 0. The predicted octanol–water partition coefficient (Wildman–Crippen LogP) is 4.88. The van der Waals surface area contributed by atoms with Gasteiger partial charge in [-0.2, -0.15) is 5.10 Å². The van der Waals surface area contributed by atoms with Crippen LogP contribution in [0, 0.1) is 0 Å². The summed E-state index contributed by atoms with van der Waals surface area (Å²) >= 11 is 12.3. The van der Waals surface area contributed by atoms with Crippen LogP contribution in [0.4, 0.5) is 5.82 Å². The van der Waals surface area contributed by atoms with Gasteiger partial charge in [0.25, 0.3) is 0 Å². The zero-order chi connectivity index (χ0) is 14.8. The Bertz CT molecular complexity index is 629. The van der Waals surface area contributed by atoms with Crippen LogP contribution in [0.15, 0.2) is 18.2 Å². The lowest BCUT2D eigenvalue weighted by molar-refractivity contribution is 0.753. The van der Waals surface area contributed by atoms with Crippen LogP contribution in [0.2, 0.25) is 10.0 Å². The number of hydrogen-bond acceptors (Lipinski definition) is 2. The van der Waals surface area contributed by atoms with Crippen LogP contribution in [0.3, 0.4) is 0 Å². The molecule has 1 aliphatic heterocycles. The van der Waals surface area contributed by atoms with Crippen molar-refractivity contribution in [3.63, 3.8) is 0 Å². The van der Waals surface area contributed by atoms with Crippen LogP contribution in [0.25, 0.3) is 5.69 Å². The zero-order valence-corrected chi connectivity index (χ0v) is 13.6. The van der Waals surface area contributed by atoms with Crippen LogP contribution in [-0.2, 0) is 12.8 Å². The third-order valence-corrected chi connectivity index (χ3v) is 4.23. The Kier molecular flexibility index (Phi) is 4.41. The monoisotopic (exact) mass is 323 g/mol. The SMILES string of the molecule is CCCc1nn(-c2cc(Cl)cc(Cl)c2)c2c1CCCCN2. The van der Waals surface area contributed by atoms with E-state index >= 15 is 0 Å². The van der Waals surface area contributed by atoms with Crippen molar-refractivity contribution < 1.29 is 0 Å². The van der Waals surface area contributed by atoms with Crippen molar-refractivity contribution in [2.24, 2.45) is 0 Å². The maximum Gasteiger partial charge on any atom is 0.133 e. The Morgan fingerprint density at radius 2 is 1.95 bits per heavy atom. The van der Waals surface area contributed by atoms with E-state index in [1.807, 2.05) is 16.8 Å². The van der Waals surface area contributed by atoms with E-state index in [9.17, 15) is 0 Å². The van der Waals surface area contributed by atoms with E-state index in [4.69, 9.17) is 28.3 Å². The van der Waals surface area contributed by atoms with E-state index in [1.165, 1.54) is 24.1 Å². The van der Waals surface area contributed by atoms with Gasteiger partial charge in [0.1, 0.15) is 5.82 Å². The predicted molar refractivity (Wildman–Crippen MR) is 89.0 cm³/mol. The average molecular weight is 324 g/mol. The molecule has 2 aromatic rings. The van der Waals surface area contributed by atoms with Gasteiger partial charge in [0.05, 0.1) is 11.4 Å². The maximum atomic E-state index is 6.14. The smallest absolute Gasteiger partial charge is 0.133 e. The van der Waals surface area contributed by atoms with E-state index < -0.39 is 0 Å². The van der Waals surface area contributed by atoms with Crippen LogP contribution in [0.5, 0.6) is 0 Å². The number of nitrogens with zero attached hydrogens (tertiary/aromatic N) is 2. The molecule has 112 valence electrons. The van der Waals surface area contributed by atoms with Crippen molar-refractivity contribution in [1.29, 1.82) is 0 Å². The number of anilines is 1. The highest BCUT2D eigenvalue weighted by Crippen LogP contribution is 2.30. The first-order valence-electron chi connectivity index (χ1n) is 7.50. The molecule has 0 unspecified atom stereocenters. The number of hydrogen-bond donors (Lipinski definition) is 1. The summed E-state index contributed by atoms with van der Waals surface area (Å²) in [5, 5.41) is 9.60. The number of rotatable bonds is 3. The Balaban J connectivity index is 2.13. The standard InChI is InChI=1S/C16H19Cl2N3/c1-2-5-15-14-6-3-4-7-19-16(14)21(20-15)13-9-11(17)8-12(18)10-13/h8-10,19H,2-7H2,1H3. The van der Waals surface area contributed by atoms with Gasteiger partial charge in [0.15, 0.2) is 0 Å². The lowest BCUT2D eigenvalue weighted by Crippen LogP contribution is -2.07. The van der Waals surface area contributed by atoms with E-state index in [1.54, 1.807) is 6.07 Å². The molecular formula is C16H19Cl2N3. The number of aromatic nitrogens is 2. The molecule has 3 nitrogen and oxygen atoms in total. The number of benzene rings is 1. The molecule has 2 heterocycles. The van der Waals surface area contributed by atoms with Crippen LogP contribution in [0.1, 0.15) is 37.4 Å². The van der Waals surface area contributed by atoms with Gasteiger partial charge < -0.3 is 5.32 Å². The van der Waals surface area contributed by atoms with Gasteiger partial charge in [-0.1, -0.05) is 36.5 Å².